The van der Waals surface area contributed by atoms with Crippen LogP contribution in [0.25, 0.3) is 11.2 Å². The SMILES string of the molecule is COc1ccc(CCNc2nc(N)c3ncn([C@@H]4O[C@H](c5nnn(C)n5)[C@@H](OC=O)[C@H]4O)c3n2)cc1OC. The van der Waals surface area contributed by atoms with Crippen LogP contribution in [0.1, 0.15) is 23.7 Å². The number of carbonyl (C=O) groups is 1. The number of methoxy groups -OCH3 is 2. The Kier molecular flexibility index (Phi) is 6.89. The molecule has 1 saturated heterocycles. The number of rotatable bonds is 10. The molecule has 1 aliphatic heterocycles. The van der Waals surface area contributed by atoms with Crippen LogP contribution in [0.2, 0.25) is 0 Å². The summed E-state index contributed by atoms with van der Waals surface area (Å²) in [5, 5.41) is 26.0. The van der Waals surface area contributed by atoms with Crippen LogP contribution in [0, 0.1) is 0 Å². The predicted octanol–water partition coefficient (Wildman–Crippen LogP) is -0.224. The van der Waals surface area contributed by atoms with Gasteiger partial charge in [-0.3, -0.25) is 9.36 Å². The molecule has 4 heterocycles. The Labute approximate surface area is 215 Å². The first-order valence-electron chi connectivity index (χ1n) is 11.5. The molecule has 0 unspecified atom stereocenters. The number of ether oxygens (including phenoxy) is 4. The van der Waals surface area contributed by atoms with Crippen LogP contribution in [-0.4, -0.2) is 84.3 Å². The lowest BCUT2D eigenvalue weighted by atomic mass is 10.1. The highest BCUT2D eigenvalue weighted by molar-refractivity contribution is 5.83. The van der Waals surface area contributed by atoms with E-state index in [1.807, 2.05) is 18.2 Å². The fraction of sp³-hybridized carbons (Fsp3) is 0.409. The number of fused-ring (bicyclic) bond motifs is 1. The summed E-state index contributed by atoms with van der Waals surface area (Å²) in [6.07, 6.45) is -2.32. The van der Waals surface area contributed by atoms with Gasteiger partial charge in [-0.05, 0) is 29.3 Å². The van der Waals surface area contributed by atoms with Crippen molar-refractivity contribution in [3.05, 3.63) is 35.9 Å². The van der Waals surface area contributed by atoms with Crippen LogP contribution in [-0.2, 0) is 27.7 Å². The number of nitrogens with one attached hydrogen (secondary N) is 1. The number of nitrogens with zero attached hydrogens (tertiary/aromatic N) is 8. The van der Waals surface area contributed by atoms with Crippen LogP contribution in [0.5, 0.6) is 11.5 Å². The molecule has 0 bridgehead atoms. The maximum atomic E-state index is 11.1. The smallest absolute Gasteiger partial charge is 0.293 e. The molecule has 5 rings (SSSR count). The van der Waals surface area contributed by atoms with Crippen LogP contribution in [0.4, 0.5) is 11.8 Å². The van der Waals surface area contributed by atoms with E-state index in [1.165, 1.54) is 15.7 Å². The highest BCUT2D eigenvalue weighted by atomic mass is 16.6. The van der Waals surface area contributed by atoms with E-state index in [1.54, 1.807) is 21.3 Å². The molecule has 200 valence electrons. The first-order chi connectivity index (χ1) is 18.4. The molecule has 1 aliphatic rings. The van der Waals surface area contributed by atoms with Crippen molar-refractivity contribution in [2.45, 2.75) is 31.0 Å². The maximum absolute atomic E-state index is 11.1. The van der Waals surface area contributed by atoms with Crippen molar-refractivity contribution in [1.82, 2.24) is 39.7 Å². The minimum atomic E-state index is -1.29. The Bertz CT molecular complexity index is 1440. The summed E-state index contributed by atoms with van der Waals surface area (Å²) in [6.45, 7) is 0.725. The van der Waals surface area contributed by atoms with Crippen molar-refractivity contribution < 1.29 is 28.8 Å². The van der Waals surface area contributed by atoms with E-state index in [4.69, 9.17) is 24.7 Å². The molecule has 1 aromatic carbocycles. The summed E-state index contributed by atoms with van der Waals surface area (Å²) in [5.74, 6) is 1.84. The van der Waals surface area contributed by atoms with E-state index in [9.17, 15) is 9.90 Å². The van der Waals surface area contributed by atoms with Gasteiger partial charge in [0.25, 0.3) is 6.47 Å². The second-order valence-electron chi connectivity index (χ2n) is 8.39. The van der Waals surface area contributed by atoms with Gasteiger partial charge in [-0.2, -0.15) is 14.8 Å². The van der Waals surface area contributed by atoms with E-state index in [0.717, 1.165) is 5.56 Å². The number of aryl methyl sites for hydroxylation is 1. The lowest BCUT2D eigenvalue weighted by Gasteiger charge is -2.17. The number of imidazole rings is 1. The van der Waals surface area contributed by atoms with Gasteiger partial charge in [0, 0.05) is 6.54 Å². The minimum absolute atomic E-state index is 0.141. The summed E-state index contributed by atoms with van der Waals surface area (Å²) >= 11 is 0. The van der Waals surface area contributed by atoms with Gasteiger partial charge >= 0.3 is 0 Å². The van der Waals surface area contributed by atoms with Gasteiger partial charge in [-0.25, -0.2) is 4.98 Å². The maximum Gasteiger partial charge on any atom is 0.293 e. The number of anilines is 2. The van der Waals surface area contributed by atoms with E-state index >= 15 is 0 Å². The molecule has 1 fully saturated rings. The first-order valence-corrected chi connectivity index (χ1v) is 11.5. The second kappa shape index (κ2) is 10.4. The monoisotopic (exact) mass is 526 g/mol. The second-order valence-corrected chi connectivity index (χ2v) is 8.39. The number of aliphatic hydroxyl groups excluding tert-OH is 1. The van der Waals surface area contributed by atoms with Gasteiger partial charge in [-0.1, -0.05) is 6.07 Å². The molecule has 0 radical (unpaired) electrons. The molecule has 3 aromatic heterocycles. The summed E-state index contributed by atoms with van der Waals surface area (Å²) in [5.41, 5.74) is 7.80. The number of nitrogens with two attached hydrogens (primary N) is 1. The van der Waals surface area contributed by atoms with E-state index in [-0.39, 0.29) is 24.1 Å². The molecule has 16 nitrogen and oxygen atoms in total. The van der Waals surface area contributed by atoms with Crippen molar-refractivity contribution in [1.29, 1.82) is 0 Å². The van der Waals surface area contributed by atoms with Crippen LogP contribution < -0.4 is 20.5 Å². The molecule has 16 heteroatoms. The van der Waals surface area contributed by atoms with Crippen molar-refractivity contribution in [3.63, 3.8) is 0 Å². The van der Waals surface area contributed by atoms with E-state index < -0.39 is 24.5 Å². The van der Waals surface area contributed by atoms with Crippen LogP contribution in [0.15, 0.2) is 24.5 Å². The topological polar surface area (TPSA) is 199 Å². The Morgan fingerprint density at radius 2 is 2.05 bits per heavy atom. The first kappa shape index (κ1) is 25.1. The van der Waals surface area contributed by atoms with E-state index in [2.05, 4.69) is 35.7 Å². The largest absolute Gasteiger partial charge is 0.493 e. The lowest BCUT2D eigenvalue weighted by Crippen LogP contribution is -2.31. The van der Waals surface area contributed by atoms with Crippen molar-refractivity contribution in [3.8, 4) is 11.5 Å². The number of aliphatic hydroxyl groups is 1. The van der Waals surface area contributed by atoms with E-state index in [0.29, 0.717) is 35.6 Å². The molecular weight excluding hydrogens is 500 g/mol. The summed E-state index contributed by atoms with van der Waals surface area (Å²) < 4.78 is 23.3. The van der Waals surface area contributed by atoms with Gasteiger partial charge in [0.2, 0.25) is 11.8 Å². The quantitative estimate of drug-likeness (QED) is 0.229. The lowest BCUT2D eigenvalue weighted by molar-refractivity contribution is -0.140. The number of hydrogen-bond donors (Lipinski definition) is 3. The normalized spacial score (nSPS) is 20.9. The number of nitrogen functional groups attached to an aromatic ring is 1. The average Bonchev–Trinajstić information content (AvgIpc) is 3.62. The molecule has 4 N–H and O–H groups in total. The highest BCUT2D eigenvalue weighted by Crippen LogP contribution is 2.40. The Morgan fingerprint density at radius 3 is 2.76 bits per heavy atom. The molecule has 0 amide bonds. The molecule has 4 atom stereocenters. The summed E-state index contributed by atoms with van der Waals surface area (Å²) in [6, 6.07) is 5.67. The Balaban J connectivity index is 1.37. The zero-order chi connectivity index (χ0) is 26.8. The van der Waals surface area contributed by atoms with Gasteiger partial charge < -0.3 is 35.1 Å². The molecule has 4 aromatic rings. The van der Waals surface area contributed by atoms with Crippen molar-refractivity contribution in [2.75, 3.05) is 31.8 Å². The average molecular weight is 527 g/mol. The van der Waals surface area contributed by atoms with Gasteiger partial charge in [-0.15, -0.1) is 10.2 Å². The van der Waals surface area contributed by atoms with Gasteiger partial charge in [0.05, 0.1) is 27.6 Å². The molecule has 0 spiro atoms. The van der Waals surface area contributed by atoms with Crippen molar-refractivity contribution in [2.24, 2.45) is 7.05 Å². The standard InChI is InChI=1S/C22H26N10O6/c1-31-29-19(28-30-31)17-16(37-10-33)15(34)21(38-17)32-9-25-14-18(23)26-22(27-20(14)32)24-7-6-11-4-5-12(35-2)13(8-11)36-3/h4-5,8-10,15-17,21,34H,6-7H2,1-3H3,(H3,23,24,26,27)/t15-,16+,17+,21-/m1/s1. The fourth-order valence-corrected chi connectivity index (χ4v) is 4.27. The zero-order valence-electron chi connectivity index (χ0n) is 20.8. The summed E-state index contributed by atoms with van der Waals surface area (Å²) in [4.78, 5) is 25.5. The third-order valence-corrected chi connectivity index (χ3v) is 6.07. The predicted molar refractivity (Wildman–Crippen MR) is 130 cm³/mol. The highest BCUT2D eigenvalue weighted by Gasteiger charge is 2.49. The number of benzene rings is 1. The fourth-order valence-electron chi connectivity index (χ4n) is 4.27. The van der Waals surface area contributed by atoms with Crippen LogP contribution in [0.3, 0.4) is 0 Å². The molecular formula is C22H26N10O6. The van der Waals surface area contributed by atoms with Gasteiger partial charge in [0.15, 0.2) is 41.4 Å². The number of tetrazole rings is 1. The van der Waals surface area contributed by atoms with Crippen LogP contribution >= 0.6 is 0 Å². The number of hydrogen-bond acceptors (Lipinski definition) is 14. The number of aromatic nitrogens is 8. The Hall–Kier alpha value is -4.57. The molecule has 0 aliphatic carbocycles. The molecule has 38 heavy (non-hydrogen) atoms. The summed E-state index contributed by atoms with van der Waals surface area (Å²) in [7, 11) is 4.75. The third kappa shape index (κ3) is 4.61. The number of carbonyl (C=O) groups excluding carboxylic acids is 1. The van der Waals surface area contributed by atoms with Gasteiger partial charge in [0.1, 0.15) is 11.6 Å². The minimum Gasteiger partial charge on any atom is -0.493 e. The third-order valence-electron chi connectivity index (χ3n) is 6.07. The van der Waals surface area contributed by atoms with Crippen molar-refractivity contribution >= 4 is 29.4 Å². The Morgan fingerprint density at radius 1 is 1.24 bits per heavy atom. The molecule has 0 saturated carbocycles. The zero-order valence-corrected chi connectivity index (χ0v) is 20.8.